The van der Waals surface area contributed by atoms with Crippen LogP contribution >= 0.6 is 0 Å². The van der Waals surface area contributed by atoms with Crippen molar-refractivity contribution in [1.29, 1.82) is 0 Å². The summed E-state index contributed by atoms with van der Waals surface area (Å²) in [6.07, 6.45) is 0.916. The molecular weight excluding hydrogens is 255 g/mol. The molecule has 0 bridgehead atoms. The summed E-state index contributed by atoms with van der Waals surface area (Å²) in [5.74, 6) is -0.291. The predicted octanol–water partition coefficient (Wildman–Crippen LogP) is 3.77. The van der Waals surface area contributed by atoms with E-state index in [0.717, 1.165) is 37.8 Å². The zero-order chi connectivity index (χ0) is 13.9. The van der Waals surface area contributed by atoms with Gasteiger partial charge in [0.1, 0.15) is 0 Å². The highest BCUT2D eigenvalue weighted by atomic mass is 19.4. The fourth-order valence-corrected chi connectivity index (χ4v) is 2.33. The minimum absolute atomic E-state index is 0.156. The Balaban J connectivity index is 1.99. The van der Waals surface area contributed by atoms with Gasteiger partial charge in [0, 0.05) is 11.6 Å². The normalized spacial score (nSPS) is 17.2. The summed E-state index contributed by atoms with van der Waals surface area (Å²) >= 11 is 0. The molecule has 0 heterocycles. The number of hydrogen-bond acceptors (Lipinski definition) is 1. The van der Waals surface area contributed by atoms with E-state index in [1.54, 1.807) is 0 Å². The second-order valence-electron chi connectivity index (χ2n) is 4.88. The van der Waals surface area contributed by atoms with Gasteiger partial charge in [-0.15, -0.1) is 0 Å². The number of halogens is 3. The van der Waals surface area contributed by atoms with E-state index < -0.39 is 11.7 Å². The molecule has 1 aliphatic carbocycles. The van der Waals surface area contributed by atoms with Gasteiger partial charge in [-0.3, -0.25) is 4.79 Å². The van der Waals surface area contributed by atoms with Gasteiger partial charge in [-0.1, -0.05) is 19.3 Å². The monoisotopic (exact) mass is 271 g/mol. The highest BCUT2D eigenvalue weighted by Crippen LogP contribution is 2.29. The maximum atomic E-state index is 12.4. The Labute approximate surface area is 110 Å². The lowest BCUT2D eigenvalue weighted by molar-refractivity contribution is -0.137. The largest absolute Gasteiger partial charge is 0.416 e. The summed E-state index contributed by atoms with van der Waals surface area (Å²) in [6, 6.07) is 4.48. The lowest BCUT2D eigenvalue weighted by Crippen LogP contribution is -2.36. The van der Waals surface area contributed by atoms with Crippen LogP contribution in [0.3, 0.4) is 0 Å². The number of rotatable bonds is 2. The Morgan fingerprint density at radius 2 is 1.63 bits per heavy atom. The minimum Gasteiger partial charge on any atom is -0.349 e. The number of benzene rings is 1. The van der Waals surface area contributed by atoms with E-state index in [2.05, 4.69) is 5.32 Å². The number of nitrogens with one attached hydrogen (secondary N) is 1. The van der Waals surface area contributed by atoms with Crippen LogP contribution in [0.15, 0.2) is 24.3 Å². The fourth-order valence-electron chi connectivity index (χ4n) is 2.33. The van der Waals surface area contributed by atoms with Crippen LogP contribution in [0.1, 0.15) is 48.0 Å². The molecule has 2 nitrogen and oxygen atoms in total. The topological polar surface area (TPSA) is 29.1 Å². The first-order valence-electron chi connectivity index (χ1n) is 6.45. The summed E-state index contributed by atoms with van der Waals surface area (Å²) in [5.41, 5.74) is -0.458. The van der Waals surface area contributed by atoms with Crippen LogP contribution in [0.4, 0.5) is 13.2 Å². The molecule has 1 amide bonds. The third kappa shape index (κ3) is 3.72. The van der Waals surface area contributed by atoms with Gasteiger partial charge in [0.05, 0.1) is 5.56 Å². The van der Waals surface area contributed by atoms with Crippen molar-refractivity contribution in [2.24, 2.45) is 0 Å². The minimum atomic E-state index is -4.36. The summed E-state index contributed by atoms with van der Waals surface area (Å²) < 4.78 is 37.2. The standard InChI is InChI=1S/C14H16F3NO/c15-14(16,17)11-8-6-10(7-9-11)13(19)18-12-4-2-1-3-5-12/h6-9,12H,1-5H2,(H,18,19). The number of alkyl halides is 3. The molecule has 0 spiro atoms. The molecule has 1 N–H and O–H groups in total. The first-order chi connectivity index (χ1) is 8.97. The van der Waals surface area contributed by atoms with Gasteiger partial charge >= 0.3 is 6.18 Å². The molecule has 0 atom stereocenters. The smallest absolute Gasteiger partial charge is 0.349 e. The van der Waals surface area contributed by atoms with Crippen LogP contribution in [-0.2, 0) is 6.18 Å². The molecule has 1 aromatic carbocycles. The Hall–Kier alpha value is -1.52. The molecular formula is C14H16F3NO. The highest BCUT2D eigenvalue weighted by Gasteiger charge is 2.30. The molecule has 0 aromatic heterocycles. The SMILES string of the molecule is O=C(NC1CCCCC1)c1ccc(C(F)(F)F)cc1. The van der Waals surface area contributed by atoms with Gasteiger partial charge in [0.25, 0.3) is 5.91 Å². The van der Waals surface area contributed by atoms with Crippen LogP contribution in [0.5, 0.6) is 0 Å². The first-order valence-corrected chi connectivity index (χ1v) is 6.45. The van der Waals surface area contributed by atoms with Crippen LogP contribution in [0, 0.1) is 0 Å². The third-order valence-corrected chi connectivity index (χ3v) is 3.41. The van der Waals surface area contributed by atoms with Gasteiger partial charge in [0.2, 0.25) is 0 Å². The maximum Gasteiger partial charge on any atom is 0.416 e. The van der Waals surface area contributed by atoms with Crippen molar-refractivity contribution in [3.8, 4) is 0 Å². The van der Waals surface area contributed by atoms with Crippen molar-refractivity contribution in [3.05, 3.63) is 35.4 Å². The number of hydrogen-bond donors (Lipinski definition) is 1. The lowest BCUT2D eigenvalue weighted by Gasteiger charge is -2.22. The van der Waals surface area contributed by atoms with Crippen molar-refractivity contribution in [2.75, 3.05) is 0 Å². The lowest BCUT2D eigenvalue weighted by atomic mass is 9.95. The van der Waals surface area contributed by atoms with Gasteiger partial charge in [-0.25, -0.2) is 0 Å². The quantitative estimate of drug-likeness (QED) is 0.871. The van der Waals surface area contributed by atoms with E-state index in [9.17, 15) is 18.0 Å². The van der Waals surface area contributed by atoms with Gasteiger partial charge in [-0.05, 0) is 37.1 Å². The van der Waals surface area contributed by atoms with Gasteiger partial charge < -0.3 is 5.32 Å². The summed E-state index contributed by atoms with van der Waals surface area (Å²) in [7, 11) is 0. The van der Waals surface area contributed by atoms with E-state index in [1.165, 1.54) is 18.6 Å². The Morgan fingerprint density at radius 3 is 2.16 bits per heavy atom. The highest BCUT2D eigenvalue weighted by molar-refractivity contribution is 5.94. The van der Waals surface area contributed by atoms with Gasteiger partial charge in [0.15, 0.2) is 0 Å². The molecule has 1 aromatic rings. The van der Waals surface area contributed by atoms with Crippen molar-refractivity contribution >= 4 is 5.91 Å². The van der Waals surface area contributed by atoms with E-state index in [0.29, 0.717) is 0 Å². The molecule has 1 fully saturated rings. The molecule has 0 unspecified atom stereocenters. The first kappa shape index (κ1) is 13.9. The van der Waals surface area contributed by atoms with E-state index >= 15 is 0 Å². The molecule has 2 rings (SSSR count). The second-order valence-corrected chi connectivity index (χ2v) is 4.88. The van der Waals surface area contributed by atoms with Crippen LogP contribution < -0.4 is 5.32 Å². The van der Waals surface area contributed by atoms with Gasteiger partial charge in [-0.2, -0.15) is 13.2 Å². The zero-order valence-corrected chi connectivity index (χ0v) is 10.5. The molecule has 5 heteroatoms. The molecule has 0 radical (unpaired) electrons. The molecule has 19 heavy (non-hydrogen) atoms. The predicted molar refractivity (Wildman–Crippen MR) is 65.8 cm³/mol. The Morgan fingerprint density at radius 1 is 1.05 bits per heavy atom. The second kappa shape index (κ2) is 5.63. The Kier molecular flexibility index (Phi) is 4.12. The number of amides is 1. The van der Waals surface area contributed by atoms with Crippen LogP contribution in [0.25, 0.3) is 0 Å². The molecule has 0 aliphatic heterocycles. The van der Waals surface area contributed by atoms with Crippen molar-refractivity contribution in [3.63, 3.8) is 0 Å². The zero-order valence-electron chi connectivity index (χ0n) is 10.5. The summed E-state index contributed by atoms with van der Waals surface area (Å²) in [4.78, 5) is 11.9. The maximum absolute atomic E-state index is 12.4. The number of carbonyl (C=O) groups excluding carboxylic acids is 1. The molecule has 1 aliphatic rings. The molecule has 0 saturated heterocycles. The van der Waals surface area contributed by atoms with Crippen molar-refractivity contribution < 1.29 is 18.0 Å². The summed E-state index contributed by atoms with van der Waals surface area (Å²) in [6.45, 7) is 0. The summed E-state index contributed by atoms with van der Waals surface area (Å²) in [5, 5.41) is 2.87. The molecule has 1 saturated carbocycles. The van der Waals surface area contributed by atoms with Crippen LogP contribution in [-0.4, -0.2) is 11.9 Å². The van der Waals surface area contributed by atoms with Crippen molar-refractivity contribution in [1.82, 2.24) is 5.32 Å². The fraction of sp³-hybridized carbons (Fsp3) is 0.500. The average Bonchev–Trinajstić information content (AvgIpc) is 2.39. The van der Waals surface area contributed by atoms with Crippen LogP contribution in [0.2, 0.25) is 0 Å². The number of carbonyl (C=O) groups is 1. The van der Waals surface area contributed by atoms with E-state index in [1.807, 2.05) is 0 Å². The Bertz CT molecular complexity index is 433. The van der Waals surface area contributed by atoms with E-state index in [-0.39, 0.29) is 17.5 Å². The van der Waals surface area contributed by atoms with E-state index in [4.69, 9.17) is 0 Å². The van der Waals surface area contributed by atoms with Crippen molar-refractivity contribution in [2.45, 2.75) is 44.3 Å². The molecule has 104 valence electrons. The third-order valence-electron chi connectivity index (χ3n) is 3.41. The average molecular weight is 271 g/mol.